The number of nitrogens with one attached hydrogen (secondary N) is 2. The van der Waals surface area contributed by atoms with Crippen LogP contribution in [0.5, 0.6) is 0 Å². The van der Waals surface area contributed by atoms with Crippen LogP contribution >= 0.6 is 0 Å². The quantitative estimate of drug-likeness (QED) is 0.716. The van der Waals surface area contributed by atoms with Gasteiger partial charge in [-0.3, -0.25) is 9.59 Å². The average molecular weight is 304 g/mol. The molecule has 0 saturated heterocycles. The zero-order chi connectivity index (χ0) is 16.1. The molecule has 1 aromatic rings. The van der Waals surface area contributed by atoms with Crippen LogP contribution in [-0.2, 0) is 15.2 Å². The number of hydrogen-bond acceptors (Lipinski definition) is 3. The van der Waals surface area contributed by atoms with Crippen LogP contribution < -0.4 is 10.6 Å². The Kier molecular flexibility index (Phi) is 5.31. The summed E-state index contributed by atoms with van der Waals surface area (Å²) in [6, 6.07) is 6.33. The molecule has 0 bridgehead atoms. The molecule has 0 aromatic heterocycles. The summed E-state index contributed by atoms with van der Waals surface area (Å²) in [5.74, 6) is -2.30. The SMILES string of the molecule is CCNC(=O)C(=O)NCC(O)(c1ccccc1)C(F)(F)F. The Morgan fingerprint density at radius 3 is 2.10 bits per heavy atom. The van der Waals surface area contributed by atoms with Crippen molar-refractivity contribution in [2.24, 2.45) is 0 Å². The lowest BCUT2D eigenvalue weighted by Gasteiger charge is -2.31. The fraction of sp³-hybridized carbons (Fsp3) is 0.385. The molecule has 0 heterocycles. The van der Waals surface area contributed by atoms with E-state index in [-0.39, 0.29) is 6.54 Å². The molecule has 1 rings (SSSR count). The van der Waals surface area contributed by atoms with Gasteiger partial charge in [0.2, 0.25) is 5.60 Å². The highest BCUT2D eigenvalue weighted by atomic mass is 19.4. The highest BCUT2D eigenvalue weighted by molar-refractivity contribution is 6.35. The van der Waals surface area contributed by atoms with Gasteiger partial charge in [0, 0.05) is 6.54 Å². The molecule has 1 atom stereocenters. The van der Waals surface area contributed by atoms with Crippen molar-refractivity contribution in [2.75, 3.05) is 13.1 Å². The van der Waals surface area contributed by atoms with Gasteiger partial charge in [-0.2, -0.15) is 13.2 Å². The van der Waals surface area contributed by atoms with Crippen molar-refractivity contribution in [3.05, 3.63) is 35.9 Å². The third-order valence-corrected chi connectivity index (χ3v) is 2.77. The fourth-order valence-electron chi connectivity index (χ4n) is 1.61. The van der Waals surface area contributed by atoms with Crippen LogP contribution in [0.4, 0.5) is 13.2 Å². The van der Waals surface area contributed by atoms with Gasteiger partial charge in [-0.1, -0.05) is 30.3 Å². The molecule has 8 heteroatoms. The van der Waals surface area contributed by atoms with Crippen molar-refractivity contribution >= 4 is 11.8 Å². The summed E-state index contributed by atoms with van der Waals surface area (Å²) < 4.78 is 39.3. The molecule has 0 fully saturated rings. The van der Waals surface area contributed by atoms with Gasteiger partial charge >= 0.3 is 18.0 Å². The summed E-state index contributed by atoms with van der Waals surface area (Å²) in [5.41, 5.74) is -3.69. The molecule has 5 nitrogen and oxygen atoms in total. The number of carbonyl (C=O) groups excluding carboxylic acids is 2. The highest BCUT2D eigenvalue weighted by Crippen LogP contribution is 2.38. The Hall–Kier alpha value is -2.09. The van der Waals surface area contributed by atoms with Gasteiger partial charge in [0.05, 0.1) is 6.54 Å². The molecular weight excluding hydrogens is 289 g/mol. The number of benzene rings is 1. The van der Waals surface area contributed by atoms with E-state index in [9.17, 15) is 27.9 Å². The van der Waals surface area contributed by atoms with Crippen molar-refractivity contribution in [3.8, 4) is 0 Å². The van der Waals surface area contributed by atoms with E-state index in [1.54, 1.807) is 12.2 Å². The minimum Gasteiger partial charge on any atom is -0.375 e. The maximum absolute atomic E-state index is 13.1. The molecule has 116 valence electrons. The normalized spacial score (nSPS) is 14.1. The van der Waals surface area contributed by atoms with Gasteiger partial charge in [-0.25, -0.2) is 0 Å². The molecule has 3 N–H and O–H groups in total. The number of aliphatic hydroxyl groups is 1. The standard InChI is InChI=1S/C13H15F3N2O3/c1-2-17-10(19)11(20)18-8-12(21,13(14,15)16)9-6-4-3-5-7-9/h3-7,21H,2,8H2,1H3,(H,17,19)(H,18,20). The van der Waals surface area contributed by atoms with Crippen LogP contribution in [0.15, 0.2) is 30.3 Å². The first-order valence-corrected chi connectivity index (χ1v) is 6.13. The van der Waals surface area contributed by atoms with Gasteiger partial charge < -0.3 is 15.7 Å². The van der Waals surface area contributed by atoms with E-state index in [0.717, 1.165) is 12.1 Å². The van der Waals surface area contributed by atoms with Crippen molar-refractivity contribution < 1.29 is 27.9 Å². The predicted molar refractivity (Wildman–Crippen MR) is 68.1 cm³/mol. The Balaban J connectivity index is 2.92. The average Bonchev–Trinajstić information content (AvgIpc) is 2.44. The van der Waals surface area contributed by atoms with Crippen molar-refractivity contribution in [1.29, 1.82) is 0 Å². The summed E-state index contributed by atoms with van der Waals surface area (Å²) in [6.45, 7) is 0.562. The van der Waals surface area contributed by atoms with E-state index in [4.69, 9.17) is 0 Å². The number of rotatable bonds is 4. The minimum atomic E-state index is -5.01. The molecule has 2 amide bonds. The van der Waals surface area contributed by atoms with Crippen LogP contribution in [-0.4, -0.2) is 36.2 Å². The van der Waals surface area contributed by atoms with Crippen LogP contribution in [0.1, 0.15) is 12.5 Å². The fourth-order valence-corrected chi connectivity index (χ4v) is 1.61. The highest BCUT2D eigenvalue weighted by Gasteiger charge is 2.55. The monoisotopic (exact) mass is 304 g/mol. The predicted octanol–water partition coefficient (Wildman–Crippen LogP) is 0.689. The van der Waals surface area contributed by atoms with Gasteiger partial charge in [0.1, 0.15) is 0 Å². The molecule has 0 saturated carbocycles. The number of amides is 2. The largest absolute Gasteiger partial charge is 0.423 e. The Morgan fingerprint density at radius 2 is 1.62 bits per heavy atom. The molecule has 1 unspecified atom stereocenters. The number of alkyl halides is 3. The smallest absolute Gasteiger partial charge is 0.375 e. The van der Waals surface area contributed by atoms with E-state index < -0.39 is 35.7 Å². The molecule has 1 aromatic carbocycles. The van der Waals surface area contributed by atoms with Crippen LogP contribution in [0.25, 0.3) is 0 Å². The number of likely N-dealkylation sites (N-methyl/N-ethyl adjacent to an activating group) is 1. The second-order valence-corrected chi connectivity index (χ2v) is 4.27. The number of carbonyl (C=O) groups is 2. The second-order valence-electron chi connectivity index (χ2n) is 4.27. The van der Waals surface area contributed by atoms with Crippen molar-refractivity contribution in [3.63, 3.8) is 0 Å². The summed E-state index contributed by atoms with van der Waals surface area (Å²) in [4.78, 5) is 22.5. The van der Waals surface area contributed by atoms with Crippen LogP contribution in [0, 0.1) is 0 Å². The van der Waals surface area contributed by atoms with E-state index in [1.807, 2.05) is 0 Å². The Morgan fingerprint density at radius 1 is 1.10 bits per heavy atom. The molecule has 0 aliphatic heterocycles. The first kappa shape index (κ1) is 17.0. The van der Waals surface area contributed by atoms with E-state index in [0.29, 0.717) is 0 Å². The third kappa shape index (κ3) is 3.94. The van der Waals surface area contributed by atoms with E-state index in [1.165, 1.54) is 18.2 Å². The lowest BCUT2D eigenvalue weighted by Crippen LogP contribution is -2.53. The van der Waals surface area contributed by atoms with Crippen LogP contribution in [0.2, 0.25) is 0 Å². The summed E-state index contributed by atoms with van der Waals surface area (Å²) >= 11 is 0. The first-order valence-electron chi connectivity index (χ1n) is 6.13. The topological polar surface area (TPSA) is 78.4 Å². The molecule has 21 heavy (non-hydrogen) atoms. The van der Waals surface area contributed by atoms with Gasteiger partial charge in [-0.05, 0) is 12.5 Å². The first-order chi connectivity index (χ1) is 9.72. The minimum absolute atomic E-state index is 0.161. The van der Waals surface area contributed by atoms with Gasteiger partial charge in [-0.15, -0.1) is 0 Å². The molecule has 0 aliphatic carbocycles. The van der Waals surface area contributed by atoms with Gasteiger partial charge in [0.15, 0.2) is 0 Å². The molecule has 0 radical (unpaired) electrons. The van der Waals surface area contributed by atoms with Crippen LogP contribution in [0.3, 0.4) is 0 Å². The molecule has 0 spiro atoms. The maximum Gasteiger partial charge on any atom is 0.423 e. The maximum atomic E-state index is 13.1. The van der Waals surface area contributed by atoms with E-state index in [2.05, 4.69) is 5.32 Å². The second kappa shape index (κ2) is 6.57. The lowest BCUT2D eigenvalue weighted by molar-refractivity contribution is -0.264. The Bertz CT molecular complexity index is 505. The number of hydrogen-bond donors (Lipinski definition) is 3. The summed E-state index contributed by atoms with van der Waals surface area (Å²) in [6.07, 6.45) is -5.01. The van der Waals surface area contributed by atoms with Gasteiger partial charge in [0.25, 0.3) is 0 Å². The number of halogens is 3. The third-order valence-electron chi connectivity index (χ3n) is 2.77. The zero-order valence-electron chi connectivity index (χ0n) is 11.2. The van der Waals surface area contributed by atoms with Crippen molar-refractivity contribution in [1.82, 2.24) is 10.6 Å². The van der Waals surface area contributed by atoms with Crippen molar-refractivity contribution in [2.45, 2.75) is 18.7 Å². The lowest BCUT2D eigenvalue weighted by atomic mass is 9.93. The molecule has 0 aliphatic rings. The molecular formula is C13H15F3N2O3. The Labute approximate surface area is 119 Å². The summed E-state index contributed by atoms with van der Waals surface area (Å²) in [5, 5.41) is 13.8. The summed E-state index contributed by atoms with van der Waals surface area (Å²) in [7, 11) is 0. The zero-order valence-corrected chi connectivity index (χ0v) is 11.2. The van der Waals surface area contributed by atoms with E-state index >= 15 is 0 Å².